The van der Waals surface area contributed by atoms with Gasteiger partial charge in [0.05, 0.1) is 11.2 Å². The van der Waals surface area contributed by atoms with Crippen molar-refractivity contribution in [3.05, 3.63) is 64.4 Å². The summed E-state index contributed by atoms with van der Waals surface area (Å²) in [6.07, 6.45) is -1.39. The van der Waals surface area contributed by atoms with Gasteiger partial charge in [-0.25, -0.2) is 4.98 Å². The molecule has 0 N–H and O–H groups in total. The molecule has 3 rings (SSSR count). The maximum Gasteiger partial charge on any atom is 0.422 e. The third-order valence-electron chi connectivity index (χ3n) is 3.31. The molecule has 1 aromatic carbocycles. The van der Waals surface area contributed by atoms with Crippen molar-refractivity contribution >= 4 is 23.2 Å². The smallest absolute Gasteiger partial charge is 0.422 e. The fourth-order valence-corrected chi connectivity index (χ4v) is 2.47. The first-order valence-corrected chi connectivity index (χ1v) is 8.34. The number of rotatable bonds is 6. The lowest BCUT2D eigenvalue weighted by Crippen LogP contribution is -2.19. The molecule has 0 aliphatic carbocycles. The zero-order valence-electron chi connectivity index (χ0n) is 13.6. The lowest BCUT2D eigenvalue weighted by molar-refractivity contribution is -0.153. The molecule has 0 amide bonds. The van der Waals surface area contributed by atoms with Crippen molar-refractivity contribution in [3.8, 4) is 17.4 Å². The van der Waals surface area contributed by atoms with Crippen LogP contribution in [0.25, 0.3) is 5.82 Å². The SMILES string of the molecule is FC(F)(F)COc1cc(COc2ccnn2-c2cc(Cl)ccn2)ccc1Cl. The highest BCUT2D eigenvalue weighted by molar-refractivity contribution is 6.32. The monoisotopic (exact) mass is 417 g/mol. The van der Waals surface area contributed by atoms with Crippen molar-refractivity contribution in [2.24, 2.45) is 0 Å². The molecular weight excluding hydrogens is 406 g/mol. The molecule has 0 fully saturated rings. The number of halogens is 5. The van der Waals surface area contributed by atoms with Gasteiger partial charge < -0.3 is 9.47 Å². The third-order valence-corrected chi connectivity index (χ3v) is 3.85. The maximum atomic E-state index is 12.3. The summed E-state index contributed by atoms with van der Waals surface area (Å²) in [5.41, 5.74) is 0.573. The van der Waals surface area contributed by atoms with E-state index in [1.807, 2.05) is 0 Å². The third kappa shape index (κ3) is 5.27. The summed E-state index contributed by atoms with van der Waals surface area (Å²) >= 11 is 11.8. The zero-order valence-corrected chi connectivity index (χ0v) is 15.1. The Kier molecular flexibility index (Phi) is 5.76. The number of nitrogens with zero attached hydrogens (tertiary/aromatic N) is 3. The summed E-state index contributed by atoms with van der Waals surface area (Å²) in [6.45, 7) is -1.37. The summed E-state index contributed by atoms with van der Waals surface area (Å²) in [6, 6.07) is 9.34. The number of hydrogen-bond acceptors (Lipinski definition) is 4. The van der Waals surface area contributed by atoms with Crippen LogP contribution in [0.15, 0.2) is 48.8 Å². The van der Waals surface area contributed by atoms with Crippen LogP contribution < -0.4 is 9.47 Å². The molecule has 27 heavy (non-hydrogen) atoms. The molecule has 10 heteroatoms. The van der Waals surface area contributed by atoms with Crippen LogP contribution in [0, 0.1) is 0 Å². The van der Waals surface area contributed by atoms with Crippen LogP contribution in [0.3, 0.4) is 0 Å². The van der Waals surface area contributed by atoms with Crippen LogP contribution in [-0.4, -0.2) is 27.5 Å². The van der Waals surface area contributed by atoms with Gasteiger partial charge in [-0.05, 0) is 23.8 Å². The van der Waals surface area contributed by atoms with Gasteiger partial charge in [-0.15, -0.1) is 0 Å². The molecule has 0 aliphatic rings. The lowest BCUT2D eigenvalue weighted by atomic mass is 10.2. The molecule has 142 valence electrons. The summed E-state index contributed by atoms with van der Waals surface area (Å²) < 4.78 is 48.8. The van der Waals surface area contributed by atoms with E-state index in [0.29, 0.717) is 22.3 Å². The molecule has 0 aliphatic heterocycles. The summed E-state index contributed by atoms with van der Waals surface area (Å²) in [7, 11) is 0. The van der Waals surface area contributed by atoms with Gasteiger partial charge >= 0.3 is 6.18 Å². The largest absolute Gasteiger partial charge is 0.483 e. The number of benzene rings is 1. The van der Waals surface area contributed by atoms with Crippen molar-refractivity contribution in [1.29, 1.82) is 0 Å². The number of ether oxygens (including phenoxy) is 2. The van der Waals surface area contributed by atoms with Crippen LogP contribution in [0.2, 0.25) is 10.0 Å². The topological polar surface area (TPSA) is 49.2 Å². The van der Waals surface area contributed by atoms with Crippen LogP contribution >= 0.6 is 23.2 Å². The highest BCUT2D eigenvalue weighted by atomic mass is 35.5. The predicted molar refractivity (Wildman–Crippen MR) is 93.7 cm³/mol. The predicted octanol–water partition coefficient (Wildman–Crippen LogP) is 5.09. The molecule has 2 aromatic heterocycles. The second-order valence-corrected chi connectivity index (χ2v) is 6.21. The van der Waals surface area contributed by atoms with Crippen molar-refractivity contribution in [2.75, 3.05) is 6.61 Å². The molecule has 0 unspecified atom stereocenters. The fourth-order valence-electron chi connectivity index (χ4n) is 2.15. The summed E-state index contributed by atoms with van der Waals surface area (Å²) in [5.74, 6) is 0.783. The highest BCUT2D eigenvalue weighted by Gasteiger charge is 2.28. The quantitative estimate of drug-likeness (QED) is 0.560. The van der Waals surface area contributed by atoms with Crippen LogP contribution in [0.1, 0.15) is 5.56 Å². The van der Waals surface area contributed by atoms with E-state index >= 15 is 0 Å². The van der Waals surface area contributed by atoms with E-state index in [0.717, 1.165) is 0 Å². The first-order valence-electron chi connectivity index (χ1n) is 7.58. The van der Waals surface area contributed by atoms with Crippen molar-refractivity contribution in [2.45, 2.75) is 12.8 Å². The first-order chi connectivity index (χ1) is 12.8. The average molecular weight is 418 g/mol. The van der Waals surface area contributed by atoms with E-state index in [1.54, 1.807) is 24.3 Å². The van der Waals surface area contributed by atoms with E-state index in [-0.39, 0.29) is 17.4 Å². The molecular formula is C17H12Cl2F3N3O2. The first kappa shape index (κ1) is 19.3. The summed E-state index contributed by atoms with van der Waals surface area (Å²) in [5, 5.41) is 4.70. The van der Waals surface area contributed by atoms with Gasteiger partial charge in [-0.2, -0.15) is 23.0 Å². The fraction of sp³-hybridized carbons (Fsp3) is 0.176. The molecule has 0 spiro atoms. The maximum absolute atomic E-state index is 12.3. The number of aromatic nitrogens is 3. The molecule has 3 aromatic rings. The molecule has 0 radical (unpaired) electrons. The molecule has 0 bridgehead atoms. The lowest BCUT2D eigenvalue weighted by Gasteiger charge is -2.13. The van der Waals surface area contributed by atoms with Gasteiger partial charge in [-0.1, -0.05) is 29.3 Å². The van der Waals surface area contributed by atoms with Gasteiger partial charge in [-0.3, -0.25) is 0 Å². The van der Waals surface area contributed by atoms with E-state index < -0.39 is 12.8 Å². The van der Waals surface area contributed by atoms with E-state index in [2.05, 4.69) is 10.1 Å². The Morgan fingerprint density at radius 2 is 1.81 bits per heavy atom. The van der Waals surface area contributed by atoms with Crippen molar-refractivity contribution in [1.82, 2.24) is 14.8 Å². The van der Waals surface area contributed by atoms with Crippen LogP contribution in [-0.2, 0) is 6.61 Å². The Hall–Kier alpha value is -2.45. The zero-order chi connectivity index (χ0) is 19.4. The molecule has 2 heterocycles. The van der Waals surface area contributed by atoms with E-state index in [4.69, 9.17) is 32.7 Å². The molecule has 0 saturated heterocycles. The van der Waals surface area contributed by atoms with Crippen molar-refractivity contribution < 1.29 is 22.6 Å². The Balaban J connectivity index is 1.72. The van der Waals surface area contributed by atoms with E-state index in [1.165, 1.54) is 29.2 Å². The number of alkyl halides is 3. The second kappa shape index (κ2) is 8.06. The van der Waals surface area contributed by atoms with Gasteiger partial charge in [0.25, 0.3) is 0 Å². The van der Waals surface area contributed by atoms with Gasteiger partial charge in [0.15, 0.2) is 12.4 Å². The highest BCUT2D eigenvalue weighted by Crippen LogP contribution is 2.28. The summed E-state index contributed by atoms with van der Waals surface area (Å²) in [4.78, 5) is 4.16. The van der Waals surface area contributed by atoms with Crippen molar-refractivity contribution in [3.63, 3.8) is 0 Å². The second-order valence-electron chi connectivity index (χ2n) is 5.37. The van der Waals surface area contributed by atoms with Gasteiger partial charge in [0.1, 0.15) is 12.4 Å². The molecule has 5 nitrogen and oxygen atoms in total. The minimum absolute atomic E-state index is 0.0613. The Morgan fingerprint density at radius 1 is 1.00 bits per heavy atom. The molecule has 0 saturated carbocycles. The minimum Gasteiger partial charge on any atom is -0.483 e. The van der Waals surface area contributed by atoms with Crippen LogP contribution in [0.4, 0.5) is 13.2 Å². The van der Waals surface area contributed by atoms with Crippen LogP contribution in [0.5, 0.6) is 11.6 Å². The molecule has 0 atom stereocenters. The number of hydrogen-bond donors (Lipinski definition) is 0. The Bertz CT molecular complexity index is 932. The Labute approximate surface area is 162 Å². The standard InChI is InChI=1S/C17H12Cl2F3N3O2/c18-12-3-5-23-15(8-12)25-16(4-6-24-25)26-9-11-1-2-13(19)14(7-11)27-10-17(20,21)22/h1-8H,9-10H2. The average Bonchev–Trinajstić information content (AvgIpc) is 3.08. The van der Waals surface area contributed by atoms with Gasteiger partial charge in [0.2, 0.25) is 5.88 Å². The minimum atomic E-state index is -4.45. The Morgan fingerprint density at radius 3 is 2.56 bits per heavy atom. The van der Waals surface area contributed by atoms with Gasteiger partial charge in [0, 0.05) is 23.4 Å². The normalized spacial score (nSPS) is 11.4. The number of pyridine rings is 1. The van der Waals surface area contributed by atoms with E-state index in [9.17, 15) is 13.2 Å².